The first kappa shape index (κ1) is 16.7. The molecule has 4 aromatic rings. The number of hydrogen-bond acceptors (Lipinski definition) is 6. The number of pyridine rings is 1. The van der Waals surface area contributed by atoms with Crippen LogP contribution in [0.1, 0.15) is 17.8 Å². The maximum atomic E-state index is 12.9. The van der Waals surface area contributed by atoms with Crippen molar-refractivity contribution in [3.05, 3.63) is 58.4 Å². The zero-order chi connectivity index (χ0) is 19.7. The number of anilines is 1. The van der Waals surface area contributed by atoms with Crippen molar-refractivity contribution >= 4 is 16.9 Å². The van der Waals surface area contributed by atoms with E-state index in [0.29, 0.717) is 29.1 Å². The lowest BCUT2D eigenvalue weighted by Gasteiger charge is -2.29. The molecule has 2 saturated heterocycles. The normalized spacial score (nSPS) is 21.0. The maximum absolute atomic E-state index is 12.9. The van der Waals surface area contributed by atoms with E-state index >= 15 is 0 Å². The van der Waals surface area contributed by atoms with Gasteiger partial charge in [0.15, 0.2) is 0 Å². The molecule has 6 rings (SSSR count). The van der Waals surface area contributed by atoms with E-state index in [1.54, 1.807) is 15.0 Å². The van der Waals surface area contributed by atoms with Gasteiger partial charge in [-0.05, 0) is 38.5 Å². The largest absolute Gasteiger partial charge is 0.364 e. The molecular formula is C21H21N7O. The highest BCUT2D eigenvalue weighted by atomic mass is 16.1. The molecular weight excluding hydrogens is 366 g/mol. The molecule has 4 aromatic heterocycles. The van der Waals surface area contributed by atoms with E-state index < -0.39 is 0 Å². The molecule has 2 aliphatic rings. The Morgan fingerprint density at radius 3 is 2.79 bits per heavy atom. The Labute approximate surface area is 166 Å². The van der Waals surface area contributed by atoms with Crippen LogP contribution in [-0.2, 0) is 0 Å². The van der Waals surface area contributed by atoms with E-state index in [1.807, 2.05) is 38.4 Å². The van der Waals surface area contributed by atoms with Gasteiger partial charge in [0.2, 0.25) is 0 Å². The van der Waals surface area contributed by atoms with Crippen molar-refractivity contribution in [2.75, 3.05) is 18.0 Å². The van der Waals surface area contributed by atoms with Gasteiger partial charge >= 0.3 is 0 Å². The van der Waals surface area contributed by atoms with Crippen molar-refractivity contribution in [1.29, 1.82) is 0 Å². The second kappa shape index (κ2) is 5.87. The molecule has 1 N–H and O–H groups in total. The first-order valence-corrected chi connectivity index (χ1v) is 9.93. The molecule has 29 heavy (non-hydrogen) atoms. The average Bonchev–Trinajstić information content (AvgIpc) is 3.43. The lowest BCUT2D eigenvalue weighted by molar-refractivity contribution is 0.579. The predicted octanol–water partition coefficient (Wildman–Crippen LogP) is 1.57. The van der Waals surface area contributed by atoms with Crippen LogP contribution in [0.15, 0.2) is 41.5 Å². The summed E-state index contributed by atoms with van der Waals surface area (Å²) in [6.07, 6.45) is 4.96. The highest BCUT2D eigenvalue weighted by molar-refractivity contribution is 5.66. The van der Waals surface area contributed by atoms with Crippen LogP contribution < -0.4 is 15.8 Å². The van der Waals surface area contributed by atoms with Crippen molar-refractivity contribution in [2.45, 2.75) is 32.4 Å². The van der Waals surface area contributed by atoms with Crippen molar-refractivity contribution in [3.8, 4) is 11.4 Å². The summed E-state index contributed by atoms with van der Waals surface area (Å²) in [4.78, 5) is 24.5. The SMILES string of the molecule is Cc1cn2nc(-c3cc(=O)n4cc(N5C[C@@H]6C[C@H]5CN6)ccc4n3)cc2c(C)n1. The highest BCUT2D eigenvalue weighted by Gasteiger charge is 2.37. The summed E-state index contributed by atoms with van der Waals surface area (Å²) in [7, 11) is 0. The number of rotatable bonds is 2. The van der Waals surface area contributed by atoms with Crippen LogP contribution in [0.4, 0.5) is 5.69 Å². The number of hydrogen-bond donors (Lipinski definition) is 1. The zero-order valence-corrected chi connectivity index (χ0v) is 16.3. The van der Waals surface area contributed by atoms with Gasteiger partial charge in [0.1, 0.15) is 11.3 Å². The van der Waals surface area contributed by atoms with Gasteiger partial charge < -0.3 is 10.2 Å². The van der Waals surface area contributed by atoms with Gasteiger partial charge in [-0.3, -0.25) is 14.2 Å². The van der Waals surface area contributed by atoms with Crippen molar-refractivity contribution in [1.82, 2.24) is 29.3 Å². The van der Waals surface area contributed by atoms with Crippen LogP contribution in [0.2, 0.25) is 0 Å². The van der Waals surface area contributed by atoms with Gasteiger partial charge in [0, 0.05) is 37.4 Å². The summed E-state index contributed by atoms with van der Waals surface area (Å²) in [5, 5.41) is 8.12. The smallest absolute Gasteiger partial charge is 0.258 e. The minimum Gasteiger partial charge on any atom is -0.364 e. The Balaban J connectivity index is 1.44. The average molecular weight is 387 g/mol. The summed E-state index contributed by atoms with van der Waals surface area (Å²) in [6.45, 7) is 5.90. The van der Waals surface area contributed by atoms with Crippen LogP contribution in [0.5, 0.6) is 0 Å². The van der Waals surface area contributed by atoms with E-state index in [4.69, 9.17) is 4.98 Å². The molecule has 2 fully saturated rings. The molecule has 146 valence electrons. The van der Waals surface area contributed by atoms with Gasteiger partial charge in [-0.15, -0.1) is 0 Å². The molecule has 2 bridgehead atoms. The van der Waals surface area contributed by atoms with Crippen LogP contribution in [-0.4, -0.2) is 49.2 Å². The maximum Gasteiger partial charge on any atom is 0.258 e. The molecule has 2 atom stereocenters. The van der Waals surface area contributed by atoms with E-state index in [-0.39, 0.29) is 5.56 Å². The molecule has 2 aliphatic heterocycles. The molecule has 0 aliphatic carbocycles. The second-order valence-corrected chi connectivity index (χ2v) is 8.07. The van der Waals surface area contributed by atoms with Crippen molar-refractivity contribution < 1.29 is 0 Å². The van der Waals surface area contributed by atoms with Crippen LogP contribution in [0, 0.1) is 13.8 Å². The Hall–Kier alpha value is -3.26. The lowest BCUT2D eigenvalue weighted by Crippen LogP contribution is -2.43. The predicted molar refractivity (Wildman–Crippen MR) is 110 cm³/mol. The fourth-order valence-corrected chi connectivity index (χ4v) is 4.69. The Morgan fingerprint density at radius 1 is 1.10 bits per heavy atom. The topological polar surface area (TPSA) is 79.8 Å². The third-order valence-corrected chi connectivity index (χ3v) is 6.05. The standard InChI is InChI=1S/C21H21N7O/c1-12-9-28-19(13(2)23-12)6-18(25-28)17-7-21(29)27-11-15(3-4-20(27)24-17)26-10-14-5-16(26)8-22-14/h3-4,6-7,9,11,14,16,22H,5,8,10H2,1-2H3/t14-,16-/m0/s1. The fourth-order valence-electron chi connectivity index (χ4n) is 4.69. The van der Waals surface area contributed by atoms with Gasteiger partial charge in [0.05, 0.1) is 34.5 Å². The third-order valence-electron chi connectivity index (χ3n) is 6.05. The van der Waals surface area contributed by atoms with Crippen molar-refractivity contribution in [2.24, 2.45) is 0 Å². The number of aryl methyl sites for hydroxylation is 2. The number of nitrogens with zero attached hydrogens (tertiary/aromatic N) is 6. The number of aromatic nitrogens is 5. The Kier molecular flexibility index (Phi) is 3.37. The molecule has 0 unspecified atom stereocenters. The molecule has 0 radical (unpaired) electrons. The molecule has 6 heterocycles. The summed E-state index contributed by atoms with van der Waals surface area (Å²) >= 11 is 0. The molecule has 8 nitrogen and oxygen atoms in total. The second-order valence-electron chi connectivity index (χ2n) is 8.07. The van der Waals surface area contributed by atoms with Gasteiger partial charge in [0.25, 0.3) is 5.56 Å². The van der Waals surface area contributed by atoms with E-state index in [0.717, 1.165) is 35.7 Å². The number of nitrogens with one attached hydrogen (secondary N) is 1. The summed E-state index contributed by atoms with van der Waals surface area (Å²) in [5.41, 5.74) is 5.57. The van der Waals surface area contributed by atoms with Crippen molar-refractivity contribution in [3.63, 3.8) is 0 Å². The Morgan fingerprint density at radius 2 is 2.00 bits per heavy atom. The minimum atomic E-state index is -0.0996. The number of fused-ring (bicyclic) bond motifs is 4. The zero-order valence-electron chi connectivity index (χ0n) is 16.3. The van der Waals surface area contributed by atoms with E-state index in [9.17, 15) is 4.79 Å². The monoisotopic (exact) mass is 387 g/mol. The number of piperazine rings is 1. The van der Waals surface area contributed by atoms with Crippen LogP contribution >= 0.6 is 0 Å². The lowest BCUT2D eigenvalue weighted by atomic mass is 10.2. The first-order valence-electron chi connectivity index (χ1n) is 9.93. The molecule has 0 aromatic carbocycles. The molecule has 0 saturated carbocycles. The summed E-state index contributed by atoms with van der Waals surface area (Å²) in [5.74, 6) is 0. The highest BCUT2D eigenvalue weighted by Crippen LogP contribution is 2.29. The first-order chi connectivity index (χ1) is 14.0. The summed E-state index contributed by atoms with van der Waals surface area (Å²) < 4.78 is 3.43. The third kappa shape index (κ3) is 2.56. The molecule has 0 spiro atoms. The van der Waals surface area contributed by atoms with Gasteiger partial charge in [-0.25, -0.2) is 9.50 Å². The van der Waals surface area contributed by atoms with Crippen LogP contribution in [0.3, 0.4) is 0 Å². The minimum absolute atomic E-state index is 0.0996. The molecule has 0 amide bonds. The van der Waals surface area contributed by atoms with Gasteiger partial charge in [-0.1, -0.05) is 0 Å². The quantitative estimate of drug-likeness (QED) is 0.562. The fraction of sp³-hybridized carbons (Fsp3) is 0.333. The van der Waals surface area contributed by atoms with E-state index in [2.05, 4.69) is 26.4 Å². The van der Waals surface area contributed by atoms with Gasteiger partial charge in [-0.2, -0.15) is 5.10 Å². The molecule has 8 heteroatoms. The van der Waals surface area contributed by atoms with E-state index in [1.165, 1.54) is 6.42 Å². The summed E-state index contributed by atoms with van der Waals surface area (Å²) in [6, 6.07) is 8.55. The van der Waals surface area contributed by atoms with Crippen LogP contribution in [0.25, 0.3) is 22.6 Å². The Bertz CT molecular complexity index is 1340.